The first-order valence-corrected chi connectivity index (χ1v) is 11.2. The van der Waals surface area contributed by atoms with Gasteiger partial charge >= 0.3 is 0 Å². The van der Waals surface area contributed by atoms with Crippen LogP contribution in [0, 0.1) is 0 Å². The Bertz CT molecular complexity index is 1280. The normalized spacial score (nSPS) is 14.8. The zero-order valence-corrected chi connectivity index (χ0v) is 18.5. The zero-order valence-electron chi connectivity index (χ0n) is 17.0. The number of rotatable bonds is 3. The number of pyridine rings is 1. The number of thioether (sulfide) groups is 1. The van der Waals surface area contributed by atoms with E-state index in [4.69, 9.17) is 11.6 Å². The van der Waals surface area contributed by atoms with E-state index in [9.17, 15) is 0 Å². The van der Waals surface area contributed by atoms with E-state index in [0.29, 0.717) is 0 Å². The van der Waals surface area contributed by atoms with Gasteiger partial charge in [-0.3, -0.25) is 0 Å². The number of halogens is 1. The number of hydrogen-bond donors (Lipinski definition) is 0. The summed E-state index contributed by atoms with van der Waals surface area (Å²) in [6, 6.07) is 27.7. The Morgan fingerprint density at radius 1 is 0.933 bits per heavy atom. The second kappa shape index (κ2) is 7.82. The highest BCUT2D eigenvalue weighted by atomic mass is 35.5. The summed E-state index contributed by atoms with van der Waals surface area (Å²) in [5.74, 6) is 0. The van der Waals surface area contributed by atoms with E-state index in [-0.39, 0.29) is 0 Å². The fraction of sp³-hybridized carbons (Fsp3) is 0.115. The minimum absolute atomic E-state index is 0.768. The number of benzene rings is 3. The number of aryl methyl sites for hydroxylation is 1. The van der Waals surface area contributed by atoms with Gasteiger partial charge in [0.25, 0.3) is 0 Å². The van der Waals surface area contributed by atoms with Gasteiger partial charge in [0.2, 0.25) is 5.52 Å². The molecule has 0 spiro atoms. The Morgan fingerprint density at radius 2 is 1.67 bits per heavy atom. The first kappa shape index (κ1) is 19.2. The molecule has 0 aliphatic carbocycles. The van der Waals surface area contributed by atoms with Gasteiger partial charge in [0.05, 0.1) is 16.1 Å². The summed E-state index contributed by atoms with van der Waals surface area (Å²) in [5, 5.41) is 3.32. The third-order valence-corrected chi connectivity index (χ3v) is 7.19. The summed E-state index contributed by atoms with van der Waals surface area (Å²) in [4.78, 5) is 3.63. The molecule has 0 fully saturated rings. The fourth-order valence-electron chi connectivity index (χ4n) is 4.09. The Kier molecular flexibility index (Phi) is 5.01. The molecule has 4 heteroatoms. The van der Waals surface area contributed by atoms with Crippen molar-refractivity contribution in [2.45, 2.75) is 11.3 Å². The average Bonchev–Trinajstić information content (AvgIpc) is 3.11. The van der Waals surface area contributed by atoms with E-state index < -0.39 is 0 Å². The van der Waals surface area contributed by atoms with E-state index in [1.165, 1.54) is 43.2 Å². The largest absolute Gasteiger partial charge is 0.338 e. The monoisotopic (exact) mass is 429 g/mol. The van der Waals surface area contributed by atoms with E-state index in [1.54, 1.807) is 0 Å². The number of allylic oxidation sites excluding steroid dienone is 1. The highest BCUT2D eigenvalue weighted by molar-refractivity contribution is 8.04. The summed E-state index contributed by atoms with van der Waals surface area (Å²) in [6.45, 7) is 0. The minimum atomic E-state index is 0.768. The number of aromatic nitrogens is 1. The Morgan fingerprint density at radius 3 is 2.47 bits per heavy atom. The molecule has 0 amide bonds. The minimum Gasteiger partial charge on any atom is -0.338 e. The molecule has 0 bridgehead atoms. The van der Waals surface area contributed by atoms with Crippen molar-refractivity contribution >= 4 is 45.5 Å². The highest BCUT2D eigenvalue weighted by Crippen LogP contribution is 2.48. The molecule has 0 atom stereocenters. The molecule has 1 aliphatic heterocycles. The Hall–Kier alpha value is -2.75. The Labute approximate surface area is 186 Å². The van der Waals surface area contributed by atoms with Gasteiger partial charge in [-0.15, -0.1) is 0 Å². The van der Waals surface area contributed by atoms with E-state index >= 15 is 0 Å². The number of nitrogens with zero attached hydrogens (tertiary/aromatic N) is 2. The molecule has 0 unspecified atom stereocenters. The fourth-order valence-corrected chi connectivity index (χ4v) is 5.42. The van der Waals surface area contributed by atoms with Crippen molar-refractivity contribution in [1.82, 2.24) is 0 Å². The molecular weight excluding hydrogens is 408 g/mol. The molecule has 0 saturated heterocycles. The van der Waals surface area contributed by atoms with Gasteiger partial charge in [-0.2, -0.15) is 0 Å². The van der Waals surface area contributed by atoms with Gasteiger partial charge in [0.15, 0.2) is 6.20 Å². The molecular formula is C26H22ClN2S+. The Balaban J connectivity index is 1.73. The maximum atomic E-state index is 6.14. The van der Waals surface area contributed by atoms with Crippen LogP contribution in [0.15, 0.2) is 95.0 Å². The van der Waals surface area contributed by atoms with Crippen molar-refractivity contribution < 1.29 is 4.57 Å². The lowest BCUT2D eigenvalue weighted by Gasteiger charge is -2.20. The van der Waals surface area contributed by atoms with Crippen LogP contribution in [0.2, 0.25) is 5.02 Å². The molecule has 0 saturated carbocycles. The topological polar surface area (TPSA) is 7.12 Å². The predicted octanol–water partition coefficient (Wildman–Crippen LogP) is 6.47. The molecule has 5 rings (SSSR count). The number of fused-ring (bicyclic) bond motifs is 2. The molecule has 148 valence electrons. The quantitative estimate of drug-likeness (QED) is 0.344. The van der Waals surface area contributed by atoms with Gasteiger partial charge in [0.1, 0.15) is 7.05 Å². The SMILES string of the molecule is CN1/C(=C(\Cc2ccc(Cl)cc2)c2cc[n+](C)c3ccccc23)Sc2ccccc21. The van der Waals surface area contributed by atoms with Gasteiger partial charge in [0, 0.05) is 41.1 Å². The average molecular weight is 430 g/mol. The van der Waals surface area contributed by atoms with Gasteiger partial charge in [-0.1, -0.05) is 59.8 Å². The van der Waals surface area contributed by atoms with Crippen LogP contribution >= 0.6 is 23.4 Å². The molecule has 0 N–H and O–H groups in total. The van der Waals surface area contributed by atoms with Crippen LogP contribution < -0.4 is 9.47 Å². The molecule has 1 aromatic heterocycles. The van der Waals surface area contributed by atoms with Crippen molar-refractivity contribution in [3.8, 4) is 0 Å². The lowest BCUT2D eigenvalue weighted by atomic mass is 9.95. The number of anilines is 1. The van der Waals surface area contributed by atoms with E-state index in [1.807, 2.05) is 23.9 Å². The number of hydrogen-bond acceptors (Lipinski definition) is 2. The van der Waals surface area contributed by atoms with Crippen molar-refractivity contribution in [2.75, 3.05) is 11.9 Å². The first-order chi connectivity index (χ1) is 14.6. The maximum Gasteiger partial charge on any atom is 0.212 e. The second-order valence-corrected chi connectivity index (χ2v) is 9.04. The molecule has 30 heavy (non-hydrogen) atoms. The lowest BCUT2D eigenvalue weighted by Crippen LogP contribution is -2.28. The standard InChI is InChI=1S/C26H22ClN2S/c1-28-16-15-20(21-7-3-4-8-23(21)28)22(17-18-11-13-19(27)14-12-18)26-29(2)24-9-5-6-10-25(24)30-26/h3-16H,17H2,1-2H3/q+1. The summed E-state index contributed by atoms with van der Waals surface area (Å²) >= 11 is 8.00. The molecule has 4 aromatic rings. The first-order valence-electron chi connectivity index (χ1n) is 9.98. The molecule has 2 heterocycles. The van der Waals surface area contributed by atoms with E-state index in [0.717, 1.165) is 11.4 Å². The number of para-hydroxylation sites is 2. The lowest BCUT2D eigenvalue weighted by molar-refractivity contribution is -0.644. The third-order valence-electron chi connectivity index (χ3n) is 5.65. The molecule has 3 aromatic carbocycles. The van der Waals surface area contributed by atoms with Crippen LogP contribution in [0.3, 0.4) is 0 Å². The summed E-state index contributed by atoms with van der Waals surface area (Å²) in [5.41, 5.74) is 6.35. The second-order valence-electron chi connectivity index (χ2n) is 7.57. The van der Waals surface area contributed by atoms with Crippen LogP contribution in [0.1, 0.15) is 11.1 Å². The maximum absolute atomic E-state index is 6.14. The van der Waals surface area contributed by atoms with Crippen LogP contribution in [0.4, 0.5) is 5.69 Å². The third kappa shape index (κ3) is 3.38. The van der Waals surface area contributed by atoms with Gasteiger partial charge in [-0.05, 0) is 41.5 Å². The van der Waals surface area contributed by atoms with Gasteiger partial charge < -0.3 is 4.90 Å². The van der Waals surface area contributed by atoms with Crippen molar-refractivity contribution in [1.29, 1.82) is 0 Å². The molecule has 2 nitrogen and oxygen atoms in total. The summed E-state index contributed by atoms with van der Waals surface area (Å²) < 4.78 is 2.18. The summed E-state index contributed by atoms with van der Waals surface area (Å²) in [7, 11) is 4.27. The summed E-state index contributed by atoms with van der Waals surface area (Å²) in [6.07, 6.45) is 3.00. The van der Waals surface area contributed by atoms with Crippen LogP contribution in [0.5, 0.6) is 0 Å². The zero-order chi connectivity index (χ0) is 20.7. The van der Waals surface area contributed by atoms with E-state index in [2.05, 4.69) is 96.5 Å². The van der Waals surface area contributed by atoms with Crippen LogP contribution in [0.25, 0.3) is 16.5 Å². The highest BCUT2D eigenvalue weighted by Gasteiger charge is 2.27. The van der Waals surface area contributed by atoms with Crippen LogP contribution in [-0.2, 0) is 13.5 Å². The van der Waals surface area contributed by atoms with Gasteiger partial charge in [-0.25, -0.2) is 4.57 Å². The smallest absolute Gasteiger partial charge is 0.212 e. The van der Waals surface area contributed by atoms with Crippen LogP contribution in [-0.4, -0.2) is 7.05 Å². The van der Waals surface area contributed by atoms with Crippen molar-refractivity contribution in [2.24, 2.45) is 7.05 Å². The predicted molar refractivity (Wildman–Crippen MR) is 128 cm³/mol. The molecule has 1 aliphatic rings. The molecule has 0 radical (unpaired) electrons. The van der Waals surface area contributed by atoms with Crippen molar-refractivity contribution in [3.05, 3.63) is 106 Å². The van der Waals surface area contributed by atoms with Crippen molar-refractivity contribution in [3.63, 3.8) is 0 Å².